The molecule has 0 saturated carbocycles. The SMILES string of the molecule is COc1ccc(Br)cc1CN(C)S(=O)(=O)c1ccc(Br)cc1. The highest BCUT2D eigenvalue weighted by Crippen LogP contribution is 2.26. The number of sulfonamides is 1. The summed E-state index contributed by atoms with van der Waals surface area (Å²) in [6.07, 6.45) is 0. The number of hydrogen-bond donors (Lipinski definition) is 0. The van der Waals surface area contributed by atoms with Crippen molar-refractivity contribution >= 4 is 41.9 Å². The van der Waals surface area contributed by atoms with E-state index in [2.05, 4.69) is 31.9 Å². The molecule has 0 aromatic heterocycles. The third-order valence-electron chi connectivity index (χ3n) is 3.16. The van der Waals surface area contributed by atoms with Gasteiger partial charge in [-0.1, -0.05) is 31.9 Å². The van der Waals surface area contributed by atoms with Gasteiger partial charge in [-0.15, -0.1) is 0 Å². The zero-order valence-corrected chi connectivity index (χ0v) is 16.1. The first kappa shape index (κ1) is 17.5. The molecule has 0 atom stereocenters. The van der Waals surface area contributed by atoms with Crippen LogP contribution < -0.4 is 4.74 Å². The fourth-order valence-corrected chi connectivity index (χ4v) is 3.80. The van der Waals surface area contributed by atoms with E-state index < -0.39 is 10.0 Å². The first-order valence-electron chi connectivity index (χ1n) is 6.39. The van der Waals surface area contributed by atoms with Crippen LogP contribution >= 0.6 is 31.9 Å². The molecule has 0 unspecified atom stereocenters. The van der Waals surface area contributed by atoms with Crippen LogP contribution in [0.25, 0.3) is 0 Å². The molecule has 7 heteroatoms. The molecule has 0 saturated heterocycles. The number of ether oxygens (including phenoxy) is 1. The van der Waals surface area contributed by atoms with Crippen molar-refractivity contribution in [2.45, 2.75) is 11.4 Å². The molecule has 0 amide bonds. The van der Waals surface area contributed by atoms with Crippen molar-refractivity contribution < 1.29 is 13.2 Å². The van der Waals surface area contributed by atoms with Crippen LogP contribution in [-0.2, 0) is 16.6 Å². The maximum Gasteiger partial charge on any atom is 0.243 e. The number of hydrogen-bond acceptors (Lipinski definition) is 3. The number of methoxy groups -OCH3 is 1. The van der Waals surface area contributed by atoms with E-state index in [-0.39, 0.29) is 11.4 Å². The molecule has 118 valence electrons. The number of nitrogens with zero attached hydrogens (tertiary/aromatic N) is 1. The van der Waals surface area contributed by atoms with Gasteiger partial charge in [0.25, 0.3) is 0 Å². The van der Waals surface area contributed by atoms with E-state index in [1.54, 1.807) is 44.5 Å². The molecule has 0 fully saturated rings. The Morgan fingerprint density at radius 3 is 2.23 bits per heavy atom. The second-order valence-electron chi connectivity index (χ2n) is 4.67. The van der Waals surface area contributed by atoms with Crippen molar-refractivity contribution in [3.63, 3.8) is 0 Å². The third-order valence-corrected chi connectivity index (χ3v) is 6.00. The molecule has 4 nitrogen and oxygen atoms in total. The van der Waals surface area contributed by atoms with Crippen molar-refractivity contribution in [2.24, 2.45) is 0 Å². The first-order chi connectivity index (χ1) is 10.3. The molecule has 0 aliphatic heterocycles. The number of rotatable bonds is 5. The monoisotopic (exact) mass is 447 g/mol. The molecule has 0 heterocycles. The minimum Gasteiger partial charge on any atom is -0.496 e. The Bertz CT molecular complexity index is 761. The lowest BCUT2D eigenvalue weighted by molar-refractivity contribution is 0.398. The van der Waals surface area contributed by atoms with Crippen LogP contribution in [0.15, 0.2) is 56.3 Å². The van der Waals surface area contributed by atoms with Crippen molar-refractivity contribution in [3.05, 3.63) is 57.0 Å². The van der Waals surface area contributed by atoms with Crippen LogP contribution in [-0.4, -0.2) is 26.9 Å². The van der Waals surface area contributed by atoms with Gasteiger partial charge in [0, 0.05) is 28.1 Å². The van der Waals surface area contributed by atoms with Crippen LogP contribution in [0.3, 0.4) is 0 Å². The maximum atomic E-state index is 12.6. The van der Waals surface area contributed by atoms with Gasteiger partial charge in [0.1, 0.15) is 5.75 Å². The van der Waals surface area contributed by atoms with E-state index in [0.29, 0.717) is 5.75 Å². The smallest absolute Gasteiger partial charge is 0.243 e. The van der Waals surface area contributed by atoms with E-state index in [4.69, 9.17) is 4.74 Å². The molecule has 0 N–H and O–H groups in total. The quantitative estimate of drug-likeness (QED) is 0.693. The molecule has 0 bridgehead atoms. The van der Waals surface area contributed by atoms with Gasteiger partial charge in [0.15, 0.2) is 0 Å². The predicted molar refractivity (Wildman–Crippen MR) is 93.5 cm³/mol. The van der Waals surface area contributed by atoms with Crippen molar-refractivity contribution in [2.75, 3.05) is 14.2 Å². The van der Waals surface area contributed by atoms with Gasteiger partial charge in [-0.05, 0) is 42.5 Å². The van der Waals surface area contributed by atoms with Crippen LogP contribution in [0.4, 0.5) is 0 Å². The lowest BCUT2D eigenvalue weighted by Gasteiger charge is -2.19. The second kappa shape index (κ2) is 7.12. The van der Waals surface area contributed by atoms with Crippen LogP contribution in [0, 0.1) is 0 Å². The lowest BCUT2D eigenvalue weighted by Crippen LogP contribution is -2.26. The lowest BCUT2D eigenvalue weighted by atomic mass is 10.2. The summed E-state index contributed by atoms with van der Waals surface area (Å²) >= 11 is 6.69. The minimum absolute atomic E-state index is 0.223. The van der Waals surface area contributed by atoms with E-state index in [1.807, 2.05) is 12.1 Å². The molecule has 2 aromatic carbocycles. The summed E-state index contributed by atoms with van der Waals surface area (Å²) in [6, 6.07) is 12.1. The minimum atomic E-state index is -3.55. The summed E-state index contributed by atoms with van der Waals surface area (Å²) in [4.78, 5) is 0.257. The molecular weight excluding hydrogens is 434 g/mol. The molecule has 0 aliphatic carbocycles. The van der Waals surface area contributed by atoms with Gasteiger partial charge in [-0.3, -0.25) is 0 Å². The Labute approximate surface area is 147 Å². The highest BCUT2D eigenvalue weighted by Gasteiger charge is 2.22. The van der Waals surface area contributed by atoms with Gasteiger partial charge < -0.3 is 4.74 Å². The third kappa shape index (κ3) is 3.90. The van der Waals surface area contributed by atoms with Crippen molar-refractivity contribution in [1.29, 1.82) is 0 Å². The zero-order chi connectivity index (χ0) is 16.3. The average Bonchev–Trinajstić information content (AvgIpc) is 2.48. The van der Waals surface area contributed by atoms with Gasteiger partial charge in [-0.2, -0.15) is 4.31 Å². The van der Waals surface area contributed by atoms with E-state index >= 15 is 0 Å². The van der Waals surface area contributed by atoms with Crippen LogP contribution in [0.1, 0.15) is 5.56 Å². The Morgan fingerprint density at radius 2 is 1.64 bits per heavy atom. The topological polar surface area (TPSA) is 46.6 Å². The van der Waals surface area contributed by atoms with Gasteiger partial charge in [0.2, 0.25) is 10.0 Å². The Balaban J connectivity index is 2.30. The van der Waals surface area contributed by atoms with E-state index in [1.165, 1.54) is 4.31 Å². The number of halogens is 2. The summed E-state index contributed by atoms with van der Waals surface area (Å²) in [5.74, 6) is 0.654. The fourth-order valence-electron chi connectivity index (χ4n) is 1.98. The fraction of sp³-hybridized carbons (Fsp3) is 0.200. The predicted octanol–water partition coefficient (Wildman–Crippen LogP) is 4.04. The van der Waals surface area contributed by atoms with Crippen molar-refractivity contribution in [1.82, 2.24) is 4.31 Å². The standard InChI is InChI=1S/C15H15Br2NO3S/c1-18(10-11-9-13(17)5-8-15(11)21-2)22(19,20)14-6-3-12(16)4-7-14/h3-9H,10H2,1-2H3. The maximum absolute atomic E-state index is 12.6. The Hall–Kier alpha value is -0.890. The average molecular weight is 449 g/mol. The van der Waals surface area contributed by atoms with Gasteiger partial charge in [0.05, 0.1) is 12.0 Å². The molecule has 0 spiro atoms. The van der Waals surface area contributed by atoms with Crippen molar-refractivity contribution in [3.8, 4) is 5.75 Å². The van der Waals surface area contributed by atoms with Crippen LogP contribution in [0.2, 0.25) is 0 Å². The Morgan fingerprint density at radius 1 is 1.05 bits per heavy atom. The summed E-state index contributed by atoms with van der Waals surface area (Å²) in [5.41, 5.74) is 0.792. The van der Waals surface area contributed by atoms with E-state index in [9.17, 15) is 8.42 Å². The van der Waals surface area contributed by atoms with Crippen LogP contribution in [0.5, 0.6) is 5.75 Å². The molecule has 22 heavy (non-hydrogen) atoms. The number of benzene rings is 2. The molecule has 0 aliphatic rings. The Kier molecular flexibility index (Phi) is 5.65. The molecule has 2 rings (SSSR count). The zero-order valence-electron chi connectivity index (χ0n) is 12.1. The second-order valence-corrected chi connectivity index (χ2v) is 8.55. The van der Waals surface area contributed by atoms with Gasteiger partial charge in [-0.25, -0.2) is 8.42 Å². The van der Waals surface area contributed by atoms with Gasteiger partial charge >= 0.3 is 0 Å². The highest BCUT2D eigenvalue weighted by molar-refractivity contribution is 9.10. The molecule has 2 aromatic rings. The van der Waals surface area contributed by atoms with E-state index in [0.717, 1.165) is 14.5 Å². The highest BCUT2D eigenvalue weighted by atomic mass is 79.9. The summed E-state index contributed by atoms with van der Waals surface area (Å²) < 4.78 is 33.5. The molecule has 0 radical (unpaired) electrons. The summed E-state index contributed by atoms with van der Waals surface area (Å²) in [6.45, 7) is 0.223. The first-order valence-corrected chi connectivity index (χ1v) is 9.41. The molecular formula is C15H15Br2NO3S. The summed E-state index contributed by atoms with van der Waals surface area (Å²) in [7, 11) is -0.431. The normalized spacial score (nSPS) is 11.7. The summed E-state index contributed by atoms with van der Waals surface area (Å²) in [5, 5.41) is 0. The largest absolute Gasteiger partial charge is 0.496 e.